The molecule has 2 aromatic rings. The molecular formula is C16H16N2O3. The third kappa shape index (κ3) is 4.07. The van der Waals surface area contributed by atoms with Crippen LogP contribution in [0.4, 0.5) is 16.2 Å². The highest BCUT2D eigenvalue weighted by Crippen LogP contribution is 2.17. The van der Waals surface area contributed by atoms with Crippen molar-refractivity contribution in [2.24, 2.45) is 0 Å². The molecule has 0 fully saturated rings. The number of anilines is 2. The van der Waals surface area contributed by atoms with Crippen molar-refractivity contribution < 1.29 is 14.3 Å². The molecule has 5 nitrogen and oxygen atoms in total. The molecule has 108 valence electrons. The van der Waals surface area contributed by atoms with E-state index in [0.29, 0.717) is 16.9 Å². The third-order valence-electron chi connectivity index (χ3n) is 2.70. The molecule has 0 unspecified atom stereocenters. The van der Waals surface area contributed by atoms with Gasteiger partial charge >= 0.3 is 12.0 Å². The van der Waals surface area contributed by atoms with Crippen molar-refractivity contribution in [2.75, 3.05) is 17.2 Å². The van der Waals surface area contributed by atoms with Crippen LogP contribution >= 0.6 is 0 Å². The molecule has 21 heavy (non-hydrogen) atoms. The first kappa shape index (κ1) is 14.6. The Morgan fingerprint density at radius 1 is 0.952 bits per heavy atom. The lowest BCUT2D eigenvalue weighted by Crippen LogP contribution is -2.21. The van der Waals surface area contributed by atoms with Crippen LogP contribution < -0.4 is 10.6 Å². The Labute approximate surface area is 122 Å². The minimum absolute atomic E-state index is 0.281. The summed E-state index contributed by atoms with van der Waals surface area (Å²) in [6.07, 6.45) is 0. The predicted octanol–water partition coefficient (Wildman–Crippen LogP) is 3.51. The molecule has 0 aromatic heterocycles. The summed E-state index contributed by atoms with van der Waals surface area (Å²) in [5, 5.41) is 5.33. The van der Waals surface area contributed by atoms with Crippen molar-refractivity contribution in [1.82, 2.24) is 0 Å². The number of urea groups is 1. The van der Waals surface area contributed by atoms with Gasteiger partial charge in [0.1, 0.15) is 0 Å². The number of hydrogen-bond donors (Lipinski definition) is 2. The van der Waals surface area contributed by atoms with Crippen molar-refractivity contribution in [3.8, 4) is 0 Å². The lowest BCUT2D eigenvalue weighted by molar-refractivity contribution is 0.0527. The number of ether oxygens (including phenoxy) is 1. The van der Waals surface area contributed by atoms with Crippen LogP contribution in [0.1, 0.15) is 17.3 Å². The highest BCUT2D eigenvalue weighted by atomic mass is 16.5. The standard InChI is InChI=1S/C16H16N2O3/c1-2-21-15(19)13-10-6-7-11-14(13)18-16(20)17-12-8-4-3-5-9-12/h3-11H,2H2,1H3,(H2,17,18,20). The van der Waals surface area contributed by atoms with Crippen LogP contribution in [0.25, 0.3) is 0 Å². The lowest BCUT2D eigenvalue weighted by Gasteiger charge is -2.11. The van der Waals surface area contributed by atoms with Gasteiger partial charge in [-0.05, 0) is 31.2 Å². The first-order valence-electron chi connectivity index (χ1n) is 6.60. The van der Waals surface area contributed by atoms with E-state index in [1.807, 2.05) is 18.2 Å². The second kappa shape index (κ2) is 7.09. The Kier molecular flexibility index (Phi) is 4.93. The van der Waals surface area contributed by atoms with E-state index in [9.17, 15) is 9.59 Å². The van der Waals surface area contributed by atoms with Gasteiger partial charge in [0.05, 0.1) is 17.9 Å². The average Bonchev–Trinajstić information content (AvgIpc) is 2.49. The summed E-state index contributed by atoms with van der Waals surface area (Å²) in [7, 11) is 0. The van der Waals surface area contributed by atoms with Gasteiger partial charge < -0.3 is 15.4 Å². The molecule has 2 N–H and O–H groups in total. The molecule has 0 radical (unpaired) electrons. The number of benzene rings is 2. The molecule has 0 saturated carbocycles. The molecule has 0 spiro atoms. The maximum absolute atomic E-state index is 11.9. The van der Waals surface area contributed by atoms with Crippen molar-refractivity contribution in [2.45, 2.75) is 6.92 Å². The molecule has 0 aliphatic rings. The number of rotatable bonds is 4. The van der Waals surface area contributed by atoms with Gasteiger partial charge in [0.25, 0.3) is 0 Å². The van der Waals surface area contributed by atoms with E-state index in [-0.39, 0.29) is 6.61 Å². The molecule has 0 aliphatic heterocycles. The Hall–Kier alpha value is -2.82. The molecule has 0 heterocycles. The van der Waals surface area contributed by atoms with E-state index in [2.05, 4.69) is 10.6 Å². The number of carbonyl (C=O) groups excluding carboxylic acids is 2. The van der Waals surface area contributed by atoms with Crippen molar-refractivity contribution in [3.63, 3.8) is 0 Å². The molecule has 2 rings (SSSR count). The van der Waals surface area contributed by atoms with Crippen LogP contribution in [0, 0.1) is 0 Å². The maximum Gasteiger partial charge on any atom is 0.340 e. The Morgan fingerprint density at radius 2 is 1.62 bits per heavy atom. The van der Waals surface area contributed by atoms with Gasteiger partial charge in [0.15, 0.2) is 0 Å². The van der Waals surface area contributed by atoms with E-state index < -0.39 is 12.0 Å². The van der Waals surface area contributed by atoms with E-state index in [1.165, 1.54) is 0 Å². The number of carbonyl (C=O) groups is 2. The molecule has 0 aliphatic carbocycles. The van der Waals surface area contributed by atoms with Gasteiger partial charge in [0, 0.05) is 5.69 Å². The van der Waals surface area contributed by atoms with Crippen LogP contribution in [0.3, 0.4) is 0 Å². The summed E-state index contributed by atoms with van der Waals surface area (Å²) >= 11 is 0. The zero-order chi connectivity index (χ0) is 15.1. The lowest BCUT2D eigenvalue weighted by atomic mass is 10.2. The van der Waals surface area contributed by atoms with Crippen LogP contribution in [-0.2, 0) is 4.74 Å². The summed E-state index contributed by atoms with van der Waals surface area (Å²) in [6, 6.07) is 15.3. The number of hydrogen-bond acceptors (Lipinski definition) is 3. The van der Waals surface area contributed by atoms with Gasteiger partial charge in [-0.15, -0.1) is 0 Å². The fourth-order valence-corrected chi connectivity index (χ4v) is 1.79. The largest absolute Gasteiger partial charge is 0.462 e. The topological polar surface area (TPSA) is 67.4 Å². The average molecular weight is 284 g/mol. The fourth-order valence-electron chi connectivity index (χ4n) is 1.79. The zero-order valence-electron chi connectivity index (χ0n) is 11.6. The van der Waals surface area contributed by atoms with E-state index in [1.54, 1.807) is 43.3 Å². The van der Waals surface area contributed by atoms with E-state index in [0.717, 1.165) is 0 Å². The molecule has 0 bridgehead atoms. The van der Waals surface area contributed by atoms with Crippen LogP contribution in [0.15, 0.2) is 54.6 Å². The van der Waals surface area contributed by atoms with Gasteiger partial charge in [-0.1, -0.05) is 30.3 Å². The number of nitrogens with one attached hydrogen (secondary N) is 2. The minimum atomic E-state index is -0.465. The first-order valence-corrected chi connectivity index (χ1v) is 6.60. The monoisotopic (exact) mass is 284 g/mol. The van der Waals surface area contributed by atoms with Gasteiger partial charge in [-0.3, -0.25) is 0 Å². The molecule has 5 heteroatoms. The third-order valence-corrected chi connectivity index (χ3v) is 2.70. The molecule has 0 saturated heterocycles. The Morgan fingerprint density at radius 3 is 2.33 bits per heavy atom. The van der Waals surface area contributed by atoms with Crippen molar-refractivity contribution in [3.05, 3.63) is 60.2 Å². The number of esters is 1. The second-order valence-electron chi connectivity index (χ2n) is 4.21. The minimum Gasteiger partial charge on any atom is -0.462 e. The van der Waals surface area contributed by atoms with E-state index in [4.69, 9.17) is 4.74 Å². The fraction of sp³-hybridized carbons (Fsp3) is 0.125. The smallest absolute Gasteiger partial charge is 0.340 e. The van der Waals surface area contributed by atoms with Crippen molar-refractivity contribution >= 4 is 23.4 Å². The first-order chi connectivity index (χ1) is 10.2. The van der Waals surface area contributed by atoms with Crippen LogP contribution in [-0.4, -0.2) is 18.6 Å². The van der Waals surface area contributed by atoms with Gasteiger partial charge in [0.2, 0.25) is 0 Å². The predicted molar refractivity (Wildman–Crippen MR) is 81.5 cm³/mol. The van der Waals surface area contributed by atoms with Gasteiger partial charge in [-0.2, -0.15) is 0 Å². The SMILES string of the molecule is CCOC(=O)c1ccccc1NC(=O)Nc1ccccc1. The maximum atomic E-state index is 11.9. The molecular weight excluding hydrogens is 268 g/mol. The Bertz CT molecular complexity index is 626. The Balaban J connectivity index is 2.09. The summed E-state index contributed by atoms with van der Waals surface area (Å²) in [4.78, 5) is 23.8. The number of amides is 2. The van der Waals surface area contributed by atoms with Crippen LogP contribution in [0.2, 0.25) is 0 Å². The second-order valence-corrected chi connectivity index (χ2v) is 4.21. The molecule has 2 aromatic carbocycles. The molecule has 2 amide bonds. The quantitative estimate of drug-likeness (QED) is 0.844. The highest BCUT2D eigenvalue weighted by molar-refractivity contribution is 6.05. The van der Waals surface area contributed by atoms with Crippen LogP contribution in [0.5, 0.6) is 0 Å². The summed E-state index contributed by atoms with van der Waals surface area (Å²) in [5.41, 5.74) is 1.40. The zero-order valence-corrected chi connectivity index (χ0v) is 11.6. The number of para-hydroxylation sites is 2. The summed E-state index contributed by atoms with van der Waals surface area (Å²) in [6.45, 7) is 2.01. The summed E-state index contributed by atoms with van der Waals surface area (Å²) in [5.74, 6) is -0.465. The summed E-state index contributed by atoms with van der Waals surface area (Å²) < 4.78 is 4.96. The highest BCUT2D eigenvalue weighted by Gasteiger charge is 2.13. The van der Waals surface area contributed by atoms with Crippen molar-refractivity contribution in [1.29, 1.82) is 0 Å². The van der Waals surface area contributed by atoms with Gasteiger partial charge in [-0.25, -0.2) is 9.59 Å². The van der Waals surface area contributed by atoms with E-state index >= 15 is 0 Å². The normalized spacial score (nSPS) is 9.76. The molecule has 0 atom stereocenters.